The van der Waals surface area contributed by atoms with Crippen LogP contribution in [-0.2, 0) is 4.74 Å². The van der Waals surface area contributed by atoms with Crippen LogP contribution >= 0.6 is 0 Å². The number of esters is 1. The molecule has 1 saturated heterocycles. The largest absolute Gasteiger partial charge is 0.461 e. The van der Waals surface area contributed by atoms with Crippen LogP contribution in [0.1, 0.15) is 10.4 Å². The summed E-state index contributed by atoms with van der Waals surface area (Å²) in [6, 6.07) is 14.7. The Labute approximate surface area is 155 Å². The van der Waals surface area contributed by atoms with Crippen molar-refractivity contribution in [3.8, 4) is 11.5 Å². The minimum absolute atomic E-state index is 0.0581. The topological polar surface area (TPSA) is 126 Å². The molecule has 3 rings (SSSR count). The van der Waals surface area contributed by atoms with Crippen LogP contribution in [0.5, 0.6) is 11.5 Å². The Kier molecular flexibility index (Phi) is 6.04. The van der Waals surface area contributed by atoms with Crippen LogP contribution in [0.2, 0.25) is 0 Å². The first kappa shape index (κ1) is 19.3. The molecule has 0 radical (unpaired) electrons. The molecule has 1 heterocycles. The molecule has 0 saturated carbocycles. The summed E-state index contributed by atoms with van der Waals surface area (Å²) in [5.74, 6) is -0.269. The molecule has 2 aromatic carbocycles. The smallest absolute Gasteiger partial charge is 0.347 e. The molecule has 1 aliphatic rings. The van der Waals surface area contributed by atoms with Crippen LogP contribution in [-0.4, -0.2) is 63.7 Å². The van der Waals surface area contributed by atoms with E-state index in [1.165, 1.54) is 12.1 Å². The van der Waals surface area contributed by atoms with Gasteiger partial charge in [0.15, 0.2) is 0 Å². The van der Waals surface area contributed by atoms with Gasteiger partial charge in [-0.25, -0.2) is 4.79 Å². The number of aliphatic hydroxyl groups is 4. The first-order valence-electron chi connectivity index (χ1n) is 8.34. The highest BCUT2D eigenvalue weighted by molar-refractivity contribution is 5.93. The zero-order valence-electron chi connectivity index (χ0n) is 14.2. The second-order valence-electron chi connectivity index (χ2n) is 6.01. The maximum atomic E-state index is 12.5. The van der Waals surface area contributed by atoms with E-state index >= 15 is 0 Å². The average molecular weight is 376 g/mol. The third-order valence-corrected chi connectivity index (χ3v) is 4.15. The summed E-state index contributed by atoms with van der Waals surface area (Å²) in [5, 5.41) is 39.0. The van der Waals surface area contributed by atoms with E-state index in [1.807, 2.05) is 0 Å². The summed E-state index contributed by atoms with van der Waals surface area (Å²) in [5.41, 5.74) is 0.0818. The first-order valence-corrected chi connectivity index (χ1v) is 8.34. The van der Waals surface area contributed by atoms with Gasteiger partial charge in [0.25, 0.3) is 0 Å². The fraction of sp³-hybridized carbons (Fsp3) is 0.316. The van der Waals surface area contributed by atoms with Crippen molar-refractivity contribution < 1.29 is 39.4 Å². The Hall–Kier alpha value is -2.49. The molecule has 144 valence electrons. The van der Waals surface area contributed by atoms with Gasteiger partial charge in [0.1, 0.15) is 41.5 Å². The van der Waals surface area contributed by atoms with Gasteiger partial charge >= 0.3 is 5.97 Å². The van der Waals surface area contributed by atoms with Gasteiger partial charge in [-0.05, 0) is 24.3 Å². The summed E-state index contributed by atoms with van der Waals surface area (Å²) in [7, 11) is 0. The van der Waals surface area contributed by atoms with Crippen molar-refractivity contribution in [3.05, 3.63) is 60.2 Å². The minimum Gasteiger partial charge on any atom is -0.461 e. The number of carbonyl (C=O) groups is 1. The minimum atomic E-state index is -1.58. The molecule has 8 heteroatoms. The molecule has 0 aliphatic carbocycles. The Morgan fingerprint density at radius 3 is 2.30 bits per heavy atom. The lowest BCUT2D eigenvalue weighted by Crippen LogP contribution is -2.60. The van der Waals surface area contributed by atoms with Gasteiger partial charge in [-0.3, -0.25) is 0 Å². The van der Waals surface area contributed by atoms with E-state index in [0.29, 0.717) is 5.75 Å². The van der Waals surface area contributed by atoms with Crippen LogP contribution in [0.25, 0.3) is 0 Å². The summed E-state index contributed by atoms with van der Waals surface area (Å²) in [4.78, 5) is 12.5. The zero-order chi connectivity index (χ0) is 19.4. The van der Waals surface area contributed by atoms with Gasteiger partial charge < -0.3 is 34.6 Å². The van der Waals surface area contributed by atoms with Crippen molar-refractivity contribution in [3.63, 3.8) is 0 Å². The lowest BCUT2D eigenvalue weighted by atomic mass is 9.99. The van der Waals surface area contributed by atoms with E-state index in [1.54, 1.807) is 42.5 Å². The number of carbonyl (C=O) groups excluding carboxylic acids is 1. The highest BCUT2D eigenvalue weighted by Gasteiger charge is 2.45. The molecule has 1 fully saturated rings. The molecule has 0 amide bonds. The second-order valence-corrected chi connectivity index (χ2v) is 6.01. The second kappa shape index (κ2) is 8.47. The Bertz CT molecular complexity index is 763. The molecule has 27 heavy (non-hydrogen) atoms. The summed E-state index contributed by atoms with van der Waals surface area (Å²) >= 11 is 0. The van der Waals surface area contributed by atoms with Gasteiger partial charge in [0, 0.05) is 0 Å². The number of benzene rings is 2. The number of para-hydroxylation sites is 2. The lowest BCUT2D eigenvalue weighted by Gasteiger charge is -2.39. The fourth-order valence-corrected chi connectivity index (χ4v) is 2.68. The molecule has 8 nitrogen and oxygen atoms in total. The van der Waals surface area contributed by atoms with E-state index in [2.05, 4.69) is 0 Å². The highest BCUT2D eigenvalue weighted by atomic mass is 16.7. The van der Waals surface area contributed by atoms with Crippen LogP contribution in [0.15, 0.2) is 54.6 Å². The number of ether oxygens (including phenoxy) is 3. The maximum Gasteiger partial charge on any atom is 0.347 e. The third kappa shape index (κ3) is 4.26. The van der Waals surface area contributed by atoms with Gasteiger partial charge in [-0.15, -0.1) is 0 Å². The first-order chi connectivity index (χ1) is 13.0. The standard InChI is InChI=1S/C19H20O8/c20-10-14-15(21)16(22)17(23)19(27-14)26-13-9-5-4-8-12(13)18(24)25-11-6-2-1-3-7-11/h1-9,14-17,19-23H,10H2/t14-,15-,16+,17-,19?/m0/s1. The molecule has 5 atom stereocenters. The van der Waals surface area contributed by atoms with Crippen LogP contribution in [0.4, 0.5) is 0 Å². The summed E-state index contributed by atoms with van der Waals surface area (Å²) in [6.45, 7) is -0.581. The predicted octanol–water partition coefficient (Wildman–Crippen LogP) is 0.0845. The summed E-state index contributed by atoms with van der Waals surface area (Å²) < 4.78 is 16.1. The van der Waals surface area contributed by atoms with Gasteiger partial charge in [0.05, 0.1) is 6.61 Å². The van der Waals surface area contributed by atoms with Gasteiger partial charge in [-0.2, -0.15) is 0 Å². The van der Waals surface area contributed by atoms with Crippen LogP contribution in [0, 0.1) is 0 Å². The predicted molar refractivity (Wildman–Crippen MR) is 92.2 cm³/mol. The van der Waals surface area contributed by atoms with Crippen molar-refractivity contribution in [2.24, 2.45) is 0 Å². The SMILES string of the molecule is O=C(Oc1ccccc1)c1ccccc1OC1O[C@@H](CO)[C@H](O)[C@@H](O)[C@@H]1O. The van der Waals surface area contributed by atoms with Crippen molar-refractivity contribution >= 4 is 5.97 Å². The van der Waals surface area contributed by atoms with E-state index < -0.39 is 43.3 Å². The maximum absolute atomic E-state index is 12.5. The molecule has 2 aromatic rings. The molecule has 0 spiro atoms. The van der Waals surface area contributed by atoms with E-state index in [0.717, 1.165) is 0 Å². The van der Waals surface area contributed by atoms with Crippen molar-refractivity contribution in [1.82, 2.24) is 0 Å². The van der Waals surface area contributed by atoms with Crippen molar-refractivity contribution in [2.75, 3.05) is 6.61 Å². The molecule has 4 N–H and O–H groups in total. The molecule has 0 aromatic heterocycles. The van der Waals surface area contributed by atoms with Crippen LogP contribution < -0.4 is 9.47 Å². The molecular weight excluding hydrogens is 356 g/mol. The van der Waals surface area contributed by atoms with Gasteiger partial charge in [-0.1, -0.05) is 30.3 Å². The zero-order valence-corrected chi connectivity index (χ0v) is 14.2. The quantitative estimate of drug-likeness (QED) is 0.427. The van der Waals surface area contributed by atoms with E-state index in [-0.39, 0.29) is 11.3 Å². The van der Waals surface area contributed by atoms with E-state index in [4.69, 9.17) is 14.2 Å². The fourth-order valence-electron chi connectivity index (χ4n) is 2.68. The lowest BCUT2D eigenvalue weighted by molar-refractivity contribution is -0.277. The summed E-state index contributed by atoms with van der Waals surface area (Å²) in [6.07, 6.45) is -7.17. The molecular formula is C19H20O8. The average Bonchev–Trinajstić information content (AvgIpc) is 2.69. The number of hydrogen-bond donors (Lipinski definition) is 4. The van der Waals surface area contributed by atoms with E-state index in [9.17, 15) is 25.2 Å². The number of hydrogen-bond acceptors (Lipinski definition) is 8. The Morgan fingerprint density at radius 1 is 0.926 bits per heavy atom. The van der Waals surface area contributed by atoms with Crippen molar-refractivity contribution in [1.29, 1.82) is 0 Å². The van der Waals surface area contributed by atoms with Crippen molar-refractivity contribution in [2.45, 2.75) is 30.7 Å². The molecule has 0 bridgehead atoms. The molecule has 1 aliphatic heterocycles. The number of aliphatic hydroxyl groups excluding tert-OH is 4. The highest BCUT2D eigenvalue weighted by Crippen LogP contribution is 2.27. The van der Waals surface area contributed by atoms with Gasteiger partial charge in [0.2, 0.25) is 6.29 Å². The molecule has 1 unspecified atom stereocenters. The Balaban J connectivity index is 1.78. The third-order valence-electron chi connectivity index (χ3n) is 4.15. The monoisotopic (exact) mass is 376 g/mol. The Morgan fingerprint density at radius 2 is 1.59 bits per heavy atom. The number of rotatable bonds is 5. The normalized spacial score (nSPS) is 27.8. The van der Waals surface area contributed by atoms with Crippen LogP contribution in [0.3, 0.4) is 0 Å².